The van der Waals surface area contributed by atoms with E-state index in [-0.39, 0.29) is 5.82 Å². The first-order valence-electron chi connectivity index (χ1n) is 8.99. The molecule has 26 heavy (non-hydrogen) atoms. The highest BCUT2D eigenvalue weighted by Crippen LogP contribution is 2.45. The summed E-state index contributed by atoms with van der Waals surface area (Å²) in [6.45, 7) is 12.3. The normalized spacial score (nSPS) is 17.9. The van der Waals surface area contributed by atoms with Crippen LogP contribution < -0.4 is 0 Å². The van der Waals surface area contributed by atoms with Crippen LogP contribution in [-0.2, 0) is 5.41 Å². The van der Waals surface area contributed by atoms with Gasteiger partial charge in [0.05, 0.1) is 22.6 Å². The average Bonchev–Trinajstić information content (AvgIpc) is 2.88. The molecule has 0 bridgehead atoms. The number of hydrogen-bond donors (Lipinski definition) is 0. The van der Waals surface area contributed by atoms with E-state index in [2.05, 4.69) is 45.1 Å². The summed E-state index contributed by atoms with van der Waals surface area (Å²) < 4.78 is 17.0. The predicted octanol–water partition coefficient (Wildman–Crippen LogP) is 5.00. The molecular weight excluding hydrogens is 325 g/mol. The molecule has 1 aromatic carbocycles. The van der Waals surface area contributed by atoms with E-state index in [9.17, 15) is 4.39 Å². The summed E-state index contributed by atoms with van der Waals surface area (Å²) in [7, 11) is 0. The number of pyridine rings is 1. The second-order valence-electron chi connectivity index (χ2n) is 8.24. The molecule has 0 N–H and O–H groups in total. The van der Waals surface area contributed by atoms with Gasteiger partial charge in [-0.15, -0.1) is 0 Å². The SMILES string of the molecule is Cc1nc2c(C)cccn2c1C1=NC(C)(C)C(C)(C)c2c(F)cccc21. The topological polar surface area (TPSA) is 29.7 Å². The van der Waals surface area contributed by atoms with Crippen molar-refractivity contribution in [3.05, 3.63) is 70.4 Å². The molecule has 4 rings (SSSR count). The van der Waals surface area contributed by atoms with Crippen molar-refractivity contribution in [1.29, 1.82) is 0 Å². The van der Waals surface area contributed by atoms with Crippen LogP contribution in [0.15, 0.2) is 41.5 Å². The summed E-state index contributed by atoms with van der Waals surface area (Å²) in [6, 6.07) is 9.35. The quantitative estimate of drug-likeness (QED) is 0.608. The van der Waals surface area contributed by atoms with Crippen molar-refractivity contribution >= 4 is 11.4 Å². The highest BCUT2D eigenvalue weighted by Gasteiger charge is 2.46. The number of halogens is 1. The Morgan fingerprint density at radius 3 is 2.46 bits per heavy atom. The lowest BCUT2D eigenvalue weighted by atomic mass is 9.65. The van der Waals surface area contributed by atoms with Crippen LogP contribution in [0, 0.1) is 19.7 Å². The van der Waals surface area contributed by atoms with Crippen LogP contribution in [0.4, 0.5) is 4.39 Å². The highest BCUT2D eigenvalue weighted by molar-refractivity contribution is 6.15. The van der Waals surface area contributed by atoms with Crippen LogP contribution >= 0.6 is 0 Å². The molecule has 0 spiro atoms. The molecule has 1 aliphatic heterocycles. The minimum Gasteiger partial charge on any atom is -0.298 e. The third-order valence-corrected chi connectivity index (χ3v) is 6.06. The monoisotopic (exact) mass is 349 g/mol. The third-order valence-electron chi connectivity index (χ3n) is 6.06. The average molecular weight is 349 g/mol. The predicted molar refractivity (Wildman–Crippen MR) is 104 cm³/mol. The van der Waals surface area contributed by atoms with Crippen molar-refractivity contribution < 1.29 is 4.39 Å². The smallest absolute Gasteiger partial charge is 0.140 e. The second kappa shape index (κ2) is 5.26. The lowest BCUT2D eigenvalue weighted by molar-refractivity contribution is 0.293. The molecule has 0 aliphatic carbocycles. The molecule has 3 nitrogen and oxygen atoms in total. The number of nitrogens with zero attached hydrogens (tertiary/aromatic N) is 3. The second-order valence-corrected chi connectivity index (χ2v) is 8.24. The summed E-state index contributed by atoms with van der Waals surface area (Å²) >= 11 is 0. The highest BCUT2D eigenvalue weighted by atomic mass is 19.1. The molecule has 0 atom stereocenters. The number of aromatic nitrogens is 2. The minimum absolute atomic E-state index is 0.171. The summed E-state index contributed by atoms with van der Waals surface area (Å²) in [5.74, 6) is -0.171. The van der Waals surface area contributed by atoms with E-state index in [1.165, 1.54) is 0 Å². The van der Waals surface area contributed by atoms with Crippen molar-refractivity contribution in [3.63, 3.8) is 0 Å². The Hall–Kier alpha value is -2.49. The van der Waals surface area contributed by atoms with E-state index in [0.717, 1.165) is 39.4 Å². The van der Waals surface area contributed by atoms with Crippen LogP contribution in [0.3, 0.4) is 0 Å². The number of rotatable bonds is 1. The van der Waals surface area contributed by atoms with Gasteiger partial charge in [0.15, 0.2) is 0 Å². The van der Waals surface area contributed by atoms with E-state index in [1.807, 2.05) is 25.3 Å². The van der Waals surface area contributed by atoms with E-state index in [4.69, 9.17) is 9.98 Å². The fourth-order valence-electron chi connectivity index (χ4n) is 3.93. The summed E-state index contributed by atoms with van der Waals surface area (Å²) in [5, 5.41) is 0. The van der Waals surface area contributed by atoms with E-state index < -0.39 is 11.0 Å². The van der Waals surface area contributed by atoms with Crippen molar-refractivity contribution in [2.75, 3.05) is 0 Å². The molecule has 3 heterocycles. The molecule has 0 unspecified atom stereocenters. The first kappa shape index (κ1) is 17.0. The number of fused-ring (bicyclic) bond motifs is 2. The van der Waals surface area contributed by atoms with Crippen LogP contribution in [0.2, 0.25) is 0 Å². The van der Waals surface area contributed by atoms with Gasteiger partial charge >= 0.3 is 0 Å². The molecule has 4 heteroatoms. The maximum absolute atomic E-state index is 14.9. The molecule has 134 valence electrons. The van der Waals surface area contributed by atoms with Gasteiger partial charge in [-0.1, -0.05) is 32.0 Å². The lowest BCUT2D eigenvalue weighted by Crippen LogP contribution is -2.47. The maximum atomic E-state index is 14.9. The van der Waals surface area contributed by atoms with Gasteiger partial charge in [-0.25, -0.2) is 9.37 Å². The van der Waals surface area contributed by atoms with Crippen LogP contribution in [-0.4, -0.2) is 20.6 Å². The van der Waals surface area contributed by atoms with Gasteiger partial charge in [0.1, 0.15) is 11.5 Å². The van der Waals surface area contributed by atoms with Gasteiger partial charge in [0, 0.05) is 22.7 Å². The van der Waals surface area contributed by atoms with Gasteiger partial charge in [-0.2, -0.15) is 0 Å². The molecule has 3 aromatic rings. The summed E-state index contributed by atoms with van der Waals surface area (Å²) in [5.41, 5.74) is 5.43. The van der Waals surface area contributed by atoms with Crippen LogP contribution in [0.1, 0.15) is 55.8 Å². The molecule has 2 aromatic heterocycles. The Kier molecular flexibility index (Phi) is 3.43. The first-order valence-corrected chi connectivity index (χ1v) is 8.99. The van der Waals surface area contributed by atoms with Crippen LogP contribution in [0.25, 0.3) is 5.65 Å². The van der Waals surface area contributed by atoms with E-state index >= 15 is 0 Å². The van der Waals surface area contributed by atoms with E-state index in [1.54, 1.807) is 12.1 Å². The zero-order valence-electron chi connectivity index (χ0n) is 16.2. The van der Waals surface area contributed by atoms with Crippen molar-refractivity contribution in [2.45, 2.75) is 52.5 Å². The fourth-order valence-corrected chi connectivity index (χ4v) is 3.93. The number of imidazole rings is 1. The van der Waals surface area contributed by atoms with Gasteiger partial charge in [0.2, 0.25) is 0 Å². The Morgan fingerprint density at radius 2 is 1.73 bits per heavy atom. The molecular formula is C22H24FN3. The summed E-state index contributed by atoms with van der Waals surface area (Å²) in [6.07, 6.45) is 2.01. The van der Waals surface area contributed by atoms with Crippen molar-refractivity contribution in [2.24, 2.45) is 4.99 Å². The maximum Gasteiger partial charge on any atom is 0.140 e. The molecule has 0 saturated heterocycles. The third kappa shape index (κ3) is 2.11. The minimum atomic E-state index is -0.446. The zero-order chi connectivity index (χ0) is 18.9. The summed E-state index contributed by atoms with van der Waals surface area (Å²) in [4.78, 5) is 9.88. The largest absolute Gasteiger partial charge is 0.298 e. The number of aryl methyl sites for hydroxylation is 2. The fraction of sp³-hybridized carbons (Fsp3) is 0.364. The van der Waals surface area contributed by atoms with E-state index in [0.29, 0.717) is 0 Å². The Labute approximate surface area is 153 Å². The Morgan fingerprint density at radius 1 is 1.00 bits per heavy atom. The molecule has 0 radical (unpaired) electrons. The Bertz CT molecular complexity index is 1070. The van der Waals surface area contributed by atoms with Crippen molar-refractivity contribution in [1.82, 2.24) is 9.38 Å². The molecule has 0 saturated carbocycles. The lowest BCUT2D eigenvalue weighted by Gasteiger charge is -2.44. The first-order chi connectivity index (χ1) is 12.1. The molecule has 0 fully saturated rings. The van der Waals surface area contributed by atoms with Crippen molar-refractivity contribution in [3.8, 4) is 0 Å². The van der Waals surface area contributed by atoms with Gasteiger partial charge < -0.3 is 0 Å². The van der Waals surface area contributed by atoms with Gasteiger partial charge in [-0.3, -0.25) is 9.39 Å². The molecule has 1 aliphatic rings. The zero-order valence-corrected chi connectivity index (χ0v) is 16.2. The number of hydrogen-bond acceptors (Lipinski definition) is 2. The standard InChI is InChI=1S/C22H24FN3/c1-13-9-8-12-26-19(14(2)24-20(13)26)18-15-10-7-11-16(23)17(15)21(3,4)22(5,6)25-18/h7-12H,1-6H3. The van der Waals surface area contributed by atoms with Gasteiger partial charge in [-0.05, 0) is 45.4 Å². The van der Waals surface area contributed by atoms with Gasteiger partial charge in [0.25, 0.3) is 0 Å². The number of benzene rings is 1. The van der Waals surface area contributed by atoms with Crippen LogP contribution in [0.5, 0.6) is 0 Å². The number of aliphatic imine (C=N–C) groups is 1. The Balaban J connectivity index is 2.11. The molecule has 0 amide bonds.